The van der Waals surface area contributed by atoms with Gasteiger partial charge in [0.05, 0.1) is 18.5 Å². The zero-order valence-corrected chi connectivity index (χ0v) is 39.0. The molecule has 2 amide bonds. The minimum atomic E-state index is -5.46. The third kappa shape index (κ3) is 13.5. The number of hydrogen-bond acceptors (Lipinski definition) is 18. The van der Waals surface area contributed by atoms with Gasteiger partial charge in [-0.3, -0.25) is 18.4 Å². The lowest BCUT2D eigenvalue weighted by atomic mass is 10.1. The summed E-state index contributed by atoms with van der Waals surface area (Å²) >= 11 is 0. The Kier molecular flexibility index (Phi) is 16.8. The van der Waals surface area contributed by atoms with Gasteiger partial charge in [0.2, 0.25) is 11.6 Å². The number of nitrogens with zero attached hydrogens (tertiary/aromatic N) is 6. The zero-order chi connectivity index (χ0) is 49.4. The summed E-state index contributed by atoms with van der Waals surface area (Å²) in [6.07, 6.45) is 0.990. The van der Waals surface area contributed by atoms with Crippen LogP contribution in [-0.2, 0) is 48.9 Å². The van der Waals surface area contributed by atoms with Crippen LogP contribution in [0.3, 0.4) is 0 Å². The van der Waals surface area contributed by atoms with Crippen molar-refractivity contribution in [2.45, 2.75) is 75.5 Å². The van der Waals surface area contributed by atoms with Crippen LogP contribution in [0.4, 0.5) is 16.3 Å². The van der Waals surface area contributed by atoms with Crippen LogP contribution in [-0.4, -0.2) is 115 Å². The molecule has 0 spiro atoms. The van der Waals surface area contributed by atoms with Crippen LogP contribution in [0.15, 0.2) is 69.4 Å². The molecule has 26 nitrogen and oxygen atoms in total. The number of hydrogen-bond donors (Lipinski definition) is 8. The molecule has 4 aromatic heterocycles. The minimum Gasteiger partial charge on any atom is -0.439 e. The maximum Gasteiger partial charge on any atom is 0.481 e. The molecule has 0 radical (unpaired) electrons. The number of phosphoric ester groups is 1. The quantitative estimate of drug-likeness (QED) is 0.0162. The summed E-state index contributed by atoms with van der Waals surface area (Å²) in [5.74, 6) is -0.356. The molecule has 9 N–H and O–H groups in total. The Morgan fingerprint density at radius 1 is 1.01 bits per heavy atom. The molecule has 1 aromatic carbocycles. The predicted octanol–water partition coefficient (Wildman–Crippen LogP) is 2.02. The Morgan fingerprint density at radius 3 is 2.49 bits per heavy atom. The highest BCUT2D eigenvalue weighted by Crippen LogP contribution is 2.57. The van der Waals surface area contributed by atoms with Gasteiger partial charge in [0.25, 0.3) is 10.1 Å². The number of nitrogens with one attached hydrogen (secondary N) is 2. The van der Waals surface area contributed by atoms with E-state index in [1.165, 1.54) is 29.2 Å². The summed E-state index contributed by atoms with van der Waals surface area (Å²) in [6.45, 7) is 4.79. The zero-order valence-electron chi connectivity index (χ0n) is 36.4. The molecular weight excluding hydrogens is 960 g/mol. The third-order valence-electron chi connectivity index (χ3n) is 10.5. The van der Waals surface area contributed by atoms with Crippen LogP contribution in [0, 0.1) is 0 Å². The van der Waals surface area contributed by atoms with Crippen LogP contribution in [0.25, 0.3) is 34.3 Å². The van der Waals surface area contributed by atoms with Crippen molar-refractivity contribution in [3.8, 4) is 0 Å². The summed E-state index contributed by atoms with van der Waals surface area (Å²) in [7, 11) is -15.3. The molecule has 1 saturated heterocycles. The number of amides is 2. The first-order valence-corrected chi connectivity index (χ1v) is 25.4. The smallest absolute Gasteiger partial charge is 0.439 e. The molecule has 5 aromatic rings. The van der Waals surface area contributed by atoms with Gasteiger partial charge in [-0.25, -0.2) is 33.7 Å². The maximum absolute atomic E-state index is 12.9. The predicted molar refractivity (Wildman–Crippen MR) is 240 cm³/mol. The number of phosphoric acid groups is 2. The highest BCUT2D eigenvalue weighted by atomic mass is 32.2. The van der Waals surface area contributed by atoms with Crippen molar-refractivity contribution in [2.75, 3.05) is 43.4 Å². The van der Waals surface area contributed by atoms with Crippen molar-refractivity contribution in [3.05, 3.63) is 76.9 Å². The largest absolute Gasteiger partial charge is 0.481 e. The lowest BCUT2D eigenvalue weighted by Gasteiger charge is -2.22. The standard InChI is InChI=1S/C39H49N9O17P2S/c1-3-46(4-2)27-12-9-24-18-25(38(51)63-29(24)19-27)10-11-26-13-14-28(68(58,59)60)20-47(26)17-7-5-6-8-31(49)41-15-16-42-39(52)64-34-33(50)30(21-61-67(56,57)65-66(53,54)55)62-37(34)48-23-45-32-35(40)43-22-44-36(32)48/h9-14,18-20,22-23,30,33-34,37,50H,3-8,15-17,21H2,1-2H3,(H7-,40,41,42,43,44,49,52,53,54,55,56,57,58,59,60)/p+1/t30-,33-,34-,37-/m1/s1. The topological polar surface area (TPSA) is 371 Å². The average Bonchev–Trinajstić information content (AvgIpc) is 3.83. The van der Waals surface area contributed by atoms with Gasteiger partial charge in [0, 0.05) is 68.3 Å². The molecule has 1 fully saturated rings. The summed E-state index contributed by atoms with van der Waals surface area (Å²) < 4.78 is 84.8. The second-order valence-electron chi connectivity index (χ2n) is 15.1. The van der Waals surface area contributed by atoms with E-state index >= 15 is 0 Å². The van der Waals surface area contributed by atoms with E-state index in [4.69, 9.17) is 29.4 Å². The van der Waals surface area contributed by atoms with E-state index in [0.29, 0.717) is 42.5 Å². The van der Waals surface area contributed by atoms with Crippen molar-refractivity contribution in [3.63, 3.8) is 0 Å². The number of aliphatic hydroxyl groups excluding tert-OH is 1. The number of carbonyl (C=O) groups is 2. The van der Waals surface area contributed by atoms with Crippen molar-refractivity contribution in [2.24, 2.45) is 0 Å². The molecule has 1 aliphatic heterocycles. The van der Waals surface area contributed by atoms with Gasteiger partial charge in [0.1, 0.15) is 36.2 Å². The maximum atomic E-state index is 12.9. The monoisotopic (exact) mass is 1010 g/mol. The number of rotatable bonds is 22. The number of anilines is 2. The normalized spacial score (nSPS) is 18.5. The second-order valence-corrected chi connectivity index (χ2v) is 19.4. The molecule has 5 atom stereocenters. The number of nitrogen functional groups attached to an aromatic ring is 1. The number of nitrogens with two attached hydrogens (primary N) is 1. The fourth-order valence-corrected chi connectivity index (χ4v) is 9.28. The summed E-state index contributed by atoms with van der Waals surface area (Å²) in [6, 6.07) is 10.1. The molecular formula is C39H50N9O17P2S+. The van der Waals surface area contributed by atoms with Crippen LogP contribution >= 0.6 is 15.6 Å². The molecule has 6 rings (SSSR count). The van der Waals surface area contributed by atoms with Crippen LogP contribution in [0.2, 0.25) is 0 Å². The van der Waals surface area contributed by atoms with Gasteiger partial charge in [-0.2, -0.15) is 17.3 Å². The highest BCUT2D eigenvalue weighted by Gasteiger charge is 2.49. The number of ether oxygens (including phenoxy) is 2. The molecule has 68 heavy (non-hydrogen) atoms. The molecule has 0 aliphatic carbocycles. The van der Waals surface area contributed by atoms with Crippen molar-refractivity contribution < 1.29 is 78.8 Å². The van der Waals surface area contributed by atoms with Crippen molar-refractivity contribution in [1.82, 2.24) is 30.2 Å². The van der Waals surface area contributed by atoms with E-state index in [1.54, 1.807) is 22.8 Å². The number of aromatic nitrogens is 5. The molecule has 29 heteroatoms. The van der Waals surface area contributed by atoms with Crippen LogP contribution in [0.5, 0.6) is 0 Å². The molecule has 1 unspecified atom stereocenters. The minimum absolute atomic E-state index is 0.0117. The Labute approximate surface area is 387 Å². The van der Waals surface area contributed by atoms with Crippen LogP contribution < -0.4 is 31.5 Å². The van der Waals surface area contributed by atoms with Gasteiger partial charge < -0.3 is 54.9 Å². The first kappa shape index (κ1) is 51.7. The summed E-state index contributed by atoms with van der Waals surface area (Å²) in [5, 5.41) is 16.9. The van der Waals surface area contributed by atoms with Gasteiger partial charge in [-0.15, -0.1) is 0 Å². The van der Waals surface area contributed by atoms with Crippen LogP contribution in [0.1, 0.15) is 57.0 Å². The van der Waals surface area contributed by atoms with Crippen molar-refractivity contribution >= 4 is 83.6 Å². The number of aliphatic hydroxyl groups is 1. The number of alkyl carbamates (subject to hydrolysis) is 1. The molecule has 0 bridgehead atoms. The van der Waals surface area contributed by atoms with Gasteiger partial charge in [-0.1, -0.05) is 0 Å². The number of benzene rings is 1. The number of unbranched alkanes of at least 4 members (excludes halogenated alkanes) is 2. The molecule has 368 valence electrons. The third-order valence-corrected chi connectivity index (χ3v) is 13.5. The first-order valence-electron chi connectivity index (χ1n) is 20.9. The number of imidazole rings is 1. The fraction of sp³-hybridized carbons (Fsp3) is 0.410. The lowest BCUT2D eigenvalue weighted by Crippen LogP contribution is -2.41. The van der Waals surface area contributed by atoms with Gasteiger partial charge >= 0.3 is 27.4 Å². The Morgan fingerprint density at radius 2 is 1.76 bits per heavy atom. The number of carbonyl (C=O) groups excluding carboxylic acids is 2. The van der Waals surface area contributed by atoms with E-state index in [2.05, 4.69) is 39.3 Å². The average molecular weight is 1010 g/mol. The SMILES string of the molecule is CCN(CC)c1ccc2cc(/C=C/c3ccc(S(=O)(=O)O)c[n+]3CCCCCC(=O)NCCNC(=O)O[C@@H]3[C@H](O)[C@@H](COP(=O)(O)OP(=O)(O)O)O[C@H]3n3cnc4c(N)ncnc43)c(=O)oc2c1. The summed E-state index contributed by atoms with van der Waals surface area (Å²) in [5.41, 5.74) is 7.69. The lowest BCUT2D eigenvalue weighted by molar-refractivity contribution is -0.700. The van der Waals surface area contributed by atoms with E-state index in [9.17, 15) is 46.5 Å². The molecule has 0 saturated carbocycles. The van der Waals surface area contributed by atoms with E-state index < -0.39 is 68.6 Å². The molecule has 1 aliphatic rings. The number of pyridine rings is 1. The second kappa shape index (κ2) is 22.2. The van der Waals surface area contributed by atoms with E-state index in [1.807, 2.05) is 32.0 Å². The first-order chi connectivity index (χ1) is 32.2. The number of aryl methyl sites for hydroxylation is 1. The van der Waals surface area contributed by atoms with Gasteiger partial charge in [0.15, 0.2) is 34.9 Å². The Bertz CT molecular complexity index is 2930. The Hall–Kier alpha value is -5.70. The van der Waals surface area contributed by atoms with E-state index in [0.717, 1.165) is 25.1 Å². The fourth-order valence-electron chi connectivity index (χ4n) is 7.18. The Balaban J connectivity index is 0.988. The highest BCUT2D eigenvalue weighted by molar-refractivity contribution is 7.85. The molecule has 5 heterocycles. The number of fused-ring (bicyclic) bond motifs is 2. The van der Waals surface area contributed by atoms with Crippen molar-refractivity contribution in [1.29, 1.82) is 0 Å². The van der Waals surface area contributed by atoms with Gasteiger partial charge in [-0.05, 0) is 57.0 Å². The summed E-state index contributed by atoms with van der Waals surface area (Å²) in [4.78, 5) is 79.8. The van der Waals surface area contributed by atoms with E-state index in [-0.39, 0.29) is 52.9 Å².